The van der Waals surface area contributed by atoms with E-state index in [9.17, 15) is 10.5 Å². The van der Waals surface area contributed by atoms with Crippen molar-refractivity contribution in [2.75, 3.05) is 13.2 Å². The minimum Gasteiger partial charge on any atom is -0.314 e. The molecule has 1 saturated carbocycles. The zero-order valence-electron chi connectivity index (χ0n) is 13.8. The fraction of sp³-hybridized carbons (Fsp3) is 0.812. The quantitative estimate of drug-likeness (QED) is 0.662. The van der Waals surface area contributed by atoms with Gasteiger partial charge in [-0.1, -0.05) is 26.7 Å². The number of fused-ring (bicyclic) bond motifs is 1. The highest BCUT2D eigenvalue weighted by Gasteiger charge is 3.02. The second kappa shape index (κ2) is 5.22. The molecule has 3 N–H and O–H groups in total. The molecule has 1 heterocycles. The van der Waals surface area contributed by atoms with Gasteiger partial charge < -0.3 is 9.47 Å². The van der Waals surface area contributed by atoms with E-state index in [0.717, 1.165) is 19.3 Å². The van der Waals surface area contributed by atoms with Crippen LogP contribution in [0, 0.1) is 38.9 Å². The molecule has 1 aliphatic heterocycles. The average Bonchev–Trinajstić information content (AvgIpc) is 2.90. The monoisotopic (exact) mass is 305 g/mol. The Morgan fingerprint density at radius 2 is 1.73 bits per heavy atom. The molecule has 120 valence electrons. The van der Waals surface area contributed by atoms with Crippen molar-refractivity contribution < 1.29 is 14.5 Å². The Bertz CT molecular complexity index is 570. The smallest absolute Gasteiger partial charge is 0.314 e. The molecule has 2 rings (SSSR count). The number of amidine groups is 1. The van der Waals surface area contributed by atoms with Crippen LogP contribution in [0.1, 0.15) is 47.0 Å². The SMILES string of the molecule is CCCC[C@]1(C)[C@]2(C#N)C(N)=[NH+]C(OCC)(OCC)[C@]12C#N. The second-order valence-electron chi connectivity index (χ2n) is 6.18. The van der Waals surface area contributed by atoms with Crippen molar-refractivity contribution in [2.45, 2.75) is 52.9 Å². The van der Waals surface area contributed by atoms with E-state index in [-0.39, 0.29) is 5.84 Å². The number of ether oxygens (including phenoxy) is 2. The number of hydrogen-bond acceptors (Lipinski definition) is 5. The number of nitrogens with zero attached hydrogens (tertiary/aromatic N) is 2. The van der Waals surface area contributed by atoms with Crippen LogP contribution in [0.4, 0.5) is 0 Å². The highest BCUT2D eigenvalue weighted by molar-refractivity contribution is 5.94. The highest BCUT2D eigenvalue weighted by Crippen LogP contribution is 2.83. The van der Waals surface area contributed by atoms with E-state index in [4.69, 9.17) is 15.2 Å². The minimum atomic E-state index is -1.35. The molecule has 2 aliphatic rings. The van der Waals surface area contributed by atoms with Crippen molar-refractivity contribution in [2.24, 2.45) is 22.0 Å². The third kappa shape index (κ3) is 1.42. The summed E-state index contributed by atoms with van der Waals surface area (Å²) in [7, 11) is 0. The fourth-order valence-electron chi connectivity index (χ4n) is 4.45. The number of hydrogen-bond donors (Lipinski definition) is 2. The van der Waals surface area contributed by atoms with E-state index >= 15 is 0 Å². The van der Waals surface area contributed by atoms with E-state index in [1.54, 1.807) is 0 Å². The van der Waals surface area contributed by atoms with Crippen LogP contribution in [0.25, 0.3) is 0 Å². The Labute approximate surface area is 131 Å². The molecule has 0 aromatic rings. The normalized spacial score (nSPS) is 37.8. The Balaban J connectivity index is 2.63. The lowest BCUT2D eigenvalue weighted by molar-refractivity contribution is -0.695. The van der Waals surface area contributed by atoms with Gasteiger partial charge in [0.1, 0.15) is 0 Å². The zero-order chi connectivity index (χ0) is 16.6. The molecule has 0 aromatic carbocycles. The molecule has 0 unspecified atom stereocenters. The zero-order valence-corrected chi connectivity index (χ0v) is 13.8. The van der Waals surface area contributed by atoms with Crippen LogP contribution in [0.15, 0.2) is 0 Å². The summed E-state index contributed by atoms with van der Waals surface area (Å²) in [6.45, 7) is 8.42. The van der Waals surface area contributed by atoms with Crippen molar-refractivity contribution in [3.8, 4) is 12.1 Å². The Kier molecular flexibility index (Phi) is 3.97. The Morgan fingerprint density at radius 1 is 1.14 bits per heavy atom. The summed E-state index contributed by atoms with van der Waals surface area (Å²) in [5, 5.41) is 19.9. The van der Waals surface area contributed by atoms with Gasteiger partial charge in [0, 0.05) is 5.41 Å². The molecular weight excluding hydrogens is 280 g/mol. The molecule has 6 heteroatoms. The second-order valence-corrected chi connectivity index (χ2v) is 6.18. The Morgan fingerprint density at radius 3 is 2.14 bits per heavy atom. The highest BCUT2D eigenvalue weighted by atomic mass is 16.7. The van der Waals surface area contributed by atoms with Crippen molar-refractivity contribution >= 4 is 5.84 Å². The van der Waals surface area contributed by atoms with Gasteiger partial charge in [0.25, 0.3) is 5.84 Å². The molecule has 0 radical (unpaired) electrons. The van der Waals surface area contributed by atoms with Gasteiger partial charge >= 0.3 is 5.91 Å². The summed E-state index contributed by atoms with van der Waals surface area (Å²) < 4.78 is 11.7. The van der Waals surface area contributed by atoms with E-state index in [2.05, 4.69) is 24.1 Å². The molecule has 0 amide bonds. The Hall–Kier alpha value is -1.63. The molecule has 1 fully saturated rings. The number of unbranched alkanes of at least 4 members (excludes halogenated alkanes) is 1. The standard InChI is InChI=1S/C16H24N4O2/c1-5-8-9-13(4)14(10-17)12(19)20-16(21-6-2,22-7-3)15(13,14)11-18/h5-9H2,1-4H3,(H2,19,20)/p+1/t13-,14+,15-/m1/s1. The van der Waals surface area contributed by atoms with Crippen molar-refractivity contribution in [3.05, 3.63) is 0 Å². The van der Waals surface area contributed by atoms with Crippen molar-refractivity contribution in [1.82, 2.24) is 0 Å². The third-order valence-corrected chi connectivity index (χ3v) is 5.41. The number of nitrogens with one attached hydrogen (secondary N) is 1. The first-order chi connectivity index (χ1) is 10.4. The molecule has 0 bridgehead atoms. The fourth-order valence-corrected chi connectivity index (χ4v) is 4.45. The first-order valence-electron chi connectivity index (χ1n) is 7.95. The van der Waals surface area contributed by atoms with E-state index in [0.29, 0.717) is 13.2 Å². The van der Waals surface area contributed by atoms with Gasteiger partial charge in [-0.2, -0.15) is 10.5 Å². The number of nitriles is 2. The maximum atomic E-state index is 10.0. The van der Waals surface area contributed by atoms with Crippen molar-refractivity contribution in [1.29, 1.82) is 10.5 Å². The lowest BCUT2D eigenvalue weighted by Gasteiger charge is -2.31. The summed E-state index contributed by atoms with van der Waals surface area (Å²) in [4.78, 5) is 2.99. The average molecular weight is 305 g/mol. The molecule has 22 heavy (non-hydrogen) atoms. The molecule has 6 nitrogen and oxygen atoms in total. The molecular formula is C16H25N4O2+. The van der Waals surface area contributed by atoms with Crippen LogP contribution in [0.5, 0.6) is 0 Å². The van der Waals surface area contributed by atoms with Crippen LogP contribution in [0.2, 0.25) is 0 Å². The summed E-state index contributed by atoms with van der Waals surface area (Å²) in [5.74, 6) is -1.06. The lowest BCUT2D eigenvalue weighted by Crippen LogP contribution is -2.91. The van der Waals surface area contributed by atoms with Gasteiger partial charge in [0.15, 0.2) is 10.8 Å². The first-order valence-corrected chi connectivity index (χ1v) is 7.95. The molecule has 0 aromatic heterocycles. The minimum absolute atomic E-state index is 0.289. The van der Waals surface area contributed by atoms with Gasteiger partial charge in [0.2, 0.25) is 0 Å². The van der Waals surface area contributed by atoms with Gasteiger partial charge in [-0.05, 0) is 20.3 Å². The van der Waals surface area contributed by atoms with Crippen LogP contribution in [0.3, 0.4) is 0 Å². The molecule has 0 spiro atoms. The number of rotatable bonds is 7. The lowest BCUT2D eigenvalue weighted by atomic mass is 9.87. The van der Waals surface area contributed by atoms with E-state index in [1.807, 2.05) is 20.8 Å². The van der Waals surface area contributed by atoms with Gasteiger partial charge in [-0.3, -0.25) is 5.73 Å². The summed E-state index contributed by atoms with van der Waals surface area (Å²) in [6.07, 6.45) is 2.64. The van der Waals surface area contributed by atoms with Gasteiger partial charge in [-0.25, -0.2) is 4.99 Å². The van der Waals surface area contributed by atoms with Gasteiger partial charge in [0.05, 0.1) is 25.4 Å². The van der Waals surface area contributed by atoms with Crippen LogP contribution >= 0.6 is 0 Å². The van der Waals surface area contributed by atoms with Crippen LogP contribution < -0.4 is 10.7 Å². The predicted molar refractivity (Wildman–Crippen MR) is 79.9 cm³/mol. The molecule has 3 atom stereocenters. The predicted octanol–water partition coefficient (Wildman–Crippen LogP) is 0.395. The van der Waals surface area contributed by atoms with E-state index in [1.165, 1.54) is 0 Å². The molecule has 1 aliphatic carbocycles. The van der Waals surface area contributed by atoms with Crippen LogP contribution in [-0.2, 0) is 9.47 Å². The largest absolute Gasteiger partial charge is 0.343 e. The molecule has 0 saturated heterocycles. The topological polar surface area (TPSA) is 106 Å². The first kappa shape index (κ1) is 16.7. The maximum absolute atomic E-state index is 10.0. The van der Waals surface area contributed by atoms with Gasteiger partial charge in [-0.15, -0.1) is 0 Å². The third-order valence-electron chi connectivity index (χ3n) is 5.41. The summed E-state index contributed by atoms with van der Waals surface area (Å²) >= 11 is 0. The van der Waals surface area contributed by atoms with E-state index < -0.39 is 22.2 Å². The maximum Gasteiger partial charge on any atom is 0.343 e. The number of nitrogens with two attached hydrogens (primary N) is 1. The summed E-state index contributed by atoms with van der Waals surface area (Å²) in [6, 6.07) is 4.68. The summed E-state index contributed by atoms with van der Waals surface area (Å²) in [5.41, 5.74) is 3.39. The van der Waals surface area contributed by atoms with Crippen LogP contribution in [-0.4, -0.2) is 25.0 Å². The van der Waals surface area contributed by atoms with Crippen molar-refractivity contribution in [3.63, 3.8) is 0 Å².